The summed E-state index contributed by atoms with van der Waals surface area (Å²) in [6, 6.07) is 5.44. The molecule has 0 amide bonds. The molecule has 1 unspecified atom stereocenters. The Morgan fingerprint density at radius 3 is 2.38 bits per heavy atom. The normalized spacial score (nSPS) is 13.4. The Bertz CT molecular complexity index is 427. The number of benzene rings is 1. The fourth-order valence-electron chi connectivity index (χ4n) is 1.07. The molecule has 0 aliphatic rings. The third-order valence-electron chi connectivity index (χ3n) is 1.64. The molecule has 0 radical (unpaired) electrons. The SMILES string of the molecule is CC(COc1ccc(F)cc1)OS(C)(=O)=O. The summed E-state index contributed by atoms with van der Waals surface area (Å²) in [5.74, 6) is 0.109. The highest BCUT2D eigenvalue weighted by atomic mass is 32.2. The average molecular weight is 248 g/mol. The molecule has 90 valence electrons. The van der Waals surface area contributed by atoms with E-state index in [1.165, 1.54) is 24.3 Å². The van der Waals surface area contributed by atoms with E-state index in [-0.39, 0.29) is 12.4 Å². The largest absolute Gasteiger partial charge is 0.491 e. The van der Waals surface area contributed by atoms with Crippen LogP contribution in [-0.2, 0) is 14.3 Å². The Labute approximate surface area is 94.1 Å². The molecule has 1 atom stereocenters. The molecule has 0 heterocycles. The second kappa shape index (κ2) is 5.27. The van der Waals surface area contributed by atoms with Crippen molar-refractivity contribution in [1.82, 2.24) is 0 Å². The van der Waals surface area contributed by atoms with E-state index < -0.39 is 16.2 Å². The molecule has 0 bridgehead atoms. The zero-order valence-corrected chi connectivity index (χ0v) is 9.83. The van der Waals surface area contributed by atoms with Crippen LogP contribution in [0.25, 0.3) is 0 Å². The molecule has 0 aliphatic heterocycles. The molecule has 0 aromatic heterocycles. The summed E-state index contributed by atoms with van der Waals surface area (Å²) in [7, 11) is -3.47. The molecule has 1 aromatic carbocycles. The quantitative estimate of drug-likeness (QED) is 0.742. The number of hydrogen-bond acceptors (Lipinski definition) is 4. The van der Waals surface area contributed by atoms with Crippen molar-refractivity contribution in [3.63, 3.8) is 0 Å². The van der Waals surface area contributed by atoms with Gasteiger partial charge in [-0.3, -0.25) is 4.18 Å². The molecule has 0 N–H and O–H groups in total. The monoisotopic (exact) mass is 248 g/mol. The van der Waals surface area contributed by atoms with Gasteiger partial charge in [0, 0.05) is 0 Å². The number of hydrogen-bond donors (Lipinski definition) is 0. The van der Waals surface area contributed by atoms with Crippen molar-refractivity contribution >= 4 is 10.1 Å². The predicted octanol–water partition coefficient (Wildman–Crippen LogP) is 1.57. The summed E-state index contributed by atoms with van der Waals surface area (Å²) in [5.41, 5.74) is 0. The highest BCUT2D eigenvalue weighted by Crippen LogP contribution is 2.11. The summed E-state index contributed by atoms with van der Waals surface area (Å²) < 4.78 is 44.0. The van der Waals surface area contributed by atoms with Crippen LogP contribution in [0.3, 0.4) is 0 Å². The number of halogens is 1. The number of ether oxygens (including phenoxy) is 1. The maximum Gasteiger partial charge on any atom is 0.264 e. The van der Waals surface area contributed by atoms with Crippen LogP contribution < -0.4 is 4.74 Å². The first-order chi connectivity index (χ1) is 7.37. The minimum Gasteiger partial charge on any atom is -0.491 e. The van der Waals surface area contributed by atoms with Crippen molar-refractivity contribution in [3.8, 4) is 5.75 Å². The van der Waals surface area contributed by atoms with Gasteiger partial charge in [-0.2, -0.15) is 8.42 Å². The highest BCUT2D eigenvalue weighted by molar-refractivity contribution is 7.86. The van der Waals surface area contributed by atoms with E-state index in [1.54, 1.807) is 6.92 Å². The number of rotatable bonds is 5. The van der Waals surface area contributed by atoms with Crippen LogP contribution in [0.5, 0.6) is 5.75 Å². The molecule has 0 aliphatic carbocycles. The molecule has 1 rings (SSSR count). The van der Waals surface area contributed by atoms with Crippen LogP contribution in [0, 0.1) is 5.82 Å². The van der Waals surface area contributed by atoms with E-state index in [9.17, 15) is 12.8 Å². The Morgan fingerprint density at radius 2 is 1.88 bits per heavy atom. The summed E-state index contributed by atoms with van der Waals surface area (Å²) in [4.78, 5) is 0. The van der Waals surface area contributed by atoms with Gasteiger partial charge in [-0.05, 0) is 31.2 Å². The van der Waals surface area contributed by atoms with E-state index in [1.807, 2.05) is 0 Å². The van der Waals surface area contributed by atoms with E-state index in [4.69, 9.17) is 4.74 Å². The van der Waals surface area contributed by atoms with Gasteiger partial charge in [0.15, 0.2) is 0 Å². The Hall–Kier alpha value is -1.14. The molecule has 6 heteroatoms. The lowest BCUT2D eigenvalue weighted by Crippen LogP contribution is -2.21. The lowest BCUT2D eigenvalue weighted by atomic mass is 10.3. The van der Waals surface area contributed by atoms with Gasteiger partial charge in [-0.15, -0.1) is 0 Å². The smallest absolute Gasteiger partial charge is 0.264 e. The van der Waals surface area contributed by atoms with Crippen LogP contribution in [0.4, 0.5) is 4.39 Å². The molecule has 0 fully saturated rings. The predicted molar refractivity (Wildman–Crippen MR) is 57.3 cm³/mol. The Kier molecular flexibility index (Phi) is 4.26. The van der Waals surface area contributed by atoms with Gasteiger partial charge >= 0.3 is 0 Å². The molecule has 0 spiro atoms. The highest BCUT2D eigenvalue weighted by Gasteiger charge is 2.10. The van der Waals surface area contributed by atoms with Gasteiger partial charge in [0.1, 0.15) is 24.3 Å². The van der Waals surface area contributed by atoms with Crippen LogP contribution >= 0.6 is 0 Å². The summed E-state index contributed by atoms with van der Waals surface area (Å²) >= 11 is 0. The van der Waals surface area contributed by atoms with Crippen molar-refractivity contribution in [1.29, 1.82) is 0 Å². The minimum atomic E-state index is -3.47. The van der Waals surface area contributed by atoms with Gasteiger partial charge in [-0.25, -0.2) is 4.39 Å². The maximum absolute atomic E-state index is 12.5. The average Bonchev–Trinajstić information content (AvgIpc) is 2.14. The molecular weight excluding hydrogens is 235 g/mol. The first-order valence-corrected chi connectivity index (χ1v) is 6.45. The zero-order chi connectivity index (χ0) is 12.2. The molecule has 1 aromatic rings. The van der Waals surface area contributed by atoms with Crippen molar-refractivity contribution < 1.29 is 21.7 Å². The summed E-state index contributed by atoms with van der Waals surface area (Å²) in [6.07, 6.45) is 0.390. The van der Waals surface area contributed by atoms with Crippen LogP contribution in [-0.4, -0.2) is 27.4 Å². The standard InChI is InChI=1S/C10H13FO4S/c1-8(15-16(2,12)13)7-14-10-5-3-9(11)4-6-10/h3-6,8H,7H2,1-2H3. The summed E-state index contributed by atoms with van der Waals surface area (Å²) in [6.45, 7) is 1.66. The molecular formula is C10H13FO4S. The molecule has 0 saturated heterocycles. The summed E-state index contributed by atoms with van der Waals surface area (Å²) in [5, 5.41) is 0. The van der Waals surface area contributed by atoms with Crippen LogP contribution in [0.1, 0.15) is 6.92 Å². The Balaban J connectivity index is 2.43. The van der Waals surface area contributed by atoms with Gasteiger partial charge in [0.2, 0.25) is 0 Å². The van der Waals surface area contributed by atoms with Gasteiger partial charge in [0.25, 0.3) is 10.1 Å². The lowest BCUT2D eigenvalue weighted by Gasteiger charge is -2.12. The maximum atomic E-state index is 12.5. The second-order valence-corrected chi connectivity index (χ2v) is 4.98. The van der Waals surface area contributed by atoms with Crippen molar-refractivity contribution in [2.24, 2.45) is 0 Å². The van der Waals surface area contributed by atoms with E-state index in [2.05, 4.69) is 4.18 Å². The molecule has 0 saturated carbocycles. The van der Waals surface area contributed by atoms with E-state index in [0.29, 0.717) is 5.75 Å². The van der Waals surface area contributed by atoms with E-state index in [0.717, 1.165) is 6.26 Å². The van der Waals surface area contributed by atoms with Crippen LogP contribution in [0.2, 0.25) is 0 Å². The molecule has 4 nitrogen and oxygen atoms in total. The van der Waals surface area contributed by atoms with Crippen molar-refractivity contribution in [2.45, 2.75) is 13.0 Å². The first kappa shape index (κ1) is 12.9. The zero-order valence-electron chi connectivity index (χ0n) is 9.01. The first-order valence-electron chi connectivity index (χ1n) is 4.63. The Morgan fingerprint density at radius 1 is 1.31 bits per heavy atom. The fourth-order valence-corrected chi connectivity index (χ4v) is 1.72. The van der Waals surface area contributed by atoms with Gasteiger partial charge in [0.05, 0.1) is 6.26 Å². The third-order valence-corrected chi connectivity index (χ3v) is 2.32. The minimum absolute atomic E-state index is 0.0820. The van der Waals surface area contributed by atoms with Crippen molar-refractivity contribution in [3.05, 3.63) is 30.1 Å². The topological polar surface area (TPSA) is 52.6 Å². The van der Waals surface area contributed by atoms with Crippen molar-refractivity contribution in [2.75, 3.05) is 12.9 Å². The van der Waals surface area contributed by atoms with Gasteiger partial charge in [-0.1, -0.05) is 0 Å². The fraction of sp³-hybridized carbons (Fsp3) is 0.400. The second-order valence-electron chi connectivity index (χ2n) is 3.38. The van der Waals surface area contributed by atoms with Gasteiger partial charge < -0.3 is 4.74 Å². The van der Waals surface area contributed by atoms with Crippen LogP contribution in [0.15, 0.2) is 24.3 Å². The lowest BCUT2D eigenvalue weighted by molar-refractivity contribution is 0.150. The third kappa shape index (κ3) is 5.09. The molecule has 16 heavy (non-hydrogen) atoms. The van der Waals surface area contributed by atoms with E-state index >= 15 is 0 Å².